The van der Waals surface area contributed by atoms with Gasteiger partial charge in [-0.05, 0) is 26.8 Å². The van der Waals surface area contributed by atoms with Gasteiger partial charge in [0, 0.05) is 17.6 Å². The maximum Gasteiger partial charge on any atom is 0.129 e. The highest BCUT2D eigenvalue weighted by Crippen LogP contribution is 2.16. The molecule has 0 heterocycles. The molecule has 0 saturated heterocycles. The van der Waals surface area contributed by atoms with Crippen LogP contribution in [0.1, 0.15) is 32.4 Å². The molecule has 1 aromatic rings. The van der Waals surface area contributed by atoms with E-state index in [1.165, 1.54) is 6.07 Å². The summed E-state index contributed by atoms with van der Waals surface area (Å²) in [6.45, 7) is 6.35. The van der Waals surface area contributed by atoms with Crippen LogP contribution >= 0.6 is 0 Å². The van der Waals surface area contributed by atoms with Gasteiger partial charge in [0.2, 0.25) is 0 Å². The summed E-state index contributed by atoms with van der Waals surface area (Å²) < 4.78 is 13.3. The predicted octanol–water partition coefficient (Wildman–Crippen LogP) is 2.25. The molecule has 0 aliphatic heterocycles. The molecule has 0 fully saturated rings. The molecule has 3 heteroatoms. The van der Waals surface area contributed by atoms with Gasteiger partial charge in [0.15, 0.2) is 0 Å². The summed E-state index contributed by atoms with van der Waals surface area (Å²) >= 11 is 0. The number of aliphatic hydroxyl groups excluding tert-OH is 1. The molecule has 2 nitrogen and oxygen atoms in total. The van der Waals surface area contributed by atoms with Crippen LogP contribution in [0, 0.1) is 5.82 Å². The van der Waals surface area contributed by atoms with Crippen molar-refractivity contribution in [1.82, 2.24) is 5.32 Å². The van der Waals surface area contributed by atoms with Crippen molar-refractivity contribution in [1.29, 1.82) is 0 Å². The van der Waals surface area contributed by atoms with E-state index in [2.05, 4.69) is 5.32 Å². The van der Waals surface area contributed by atoms with Crippen LogP contribution in [0.2, 0.25) is 0 Å². The van der Waals surface area contributed by atoms with E-state index < -0.39 is 6.10 Å². The van der Waals surface area contributed by atoms with Crippen molar-refractivity contribution < 1.29 is 9.50 Å². The lowest BCUT2D eigenvalue weighted by Crippen LogP contribution is -2.38. The number of halogens is 1. The summed E-state index contributed by atoms with van der Waals surface area (Å²) in [4.78, 5) is 0. The number of β-amino-alcohol motifs (C(OH)–C–C–N with tert-alkyl or cyclic N) is 1. The van der Waals surface area contributed by atoms with E-state index in [0.29, 0.717) is 12.1 Å². The van der Waals surface area contributed by atoms with Crippen molar-refractivity contribution in [3.63, 3.8) is 0 Å². The van der Waals surface area contributed by atoms with E-state index >= 15 is 0 Å². The van der Waals surface area contributed by atoms with E-state index in [1.54, 1.807) is 18.2 Å². The zero-order valence-electron chi connectivity index (χ0n) is 9.42. The van der Waals surface area contributed by atoms with Gasteiger partial charge in [-0.25, -0.2) is 4.39 Å². The second-order valence-electron chi connectivity index (χ2n) is 4.67. The number of hydrogen-bond acceptors (Lipinski definition) is 2. The lowest BCUT2D eigenvalue weighted by molar-refractivity contribution is 0.159. The summed E-state index contributed by atoms with van der Waals surface area (Å²) in [6.07, 6.45) is -0.801. The molecule has 2 N–H and O–H groups in total. The van der Waals surface area contributed by atoms with E-state index in [4.69, 9.17) is 0 Å². The fourth-order valence-electron chi connectivity index (χ4n) is 1.26. The molecule has 1 atom stereocenters. The summed E-state index contributed by atoms with van der Waals surface area (Å²) in [5.74, 6) is -0.360. The Morgan fingerprint density at radius 3 is 2.47 bits per heavy atom. The van der Waals surface area contributed by atoms with Crippen molar-refractivity contribution in [2.75, 3.05) is 6.54 Å². The van der Waals surface area contributed by atoms with Gasteiger partial charge in [-0.1, -0.05) is 18.2 Å². The summed E-state index contributed by atoms with van der Waals surface area (Å²) in [6, 6.07) is 6.29. The van der Waals surface area contributed by atoms with Gasteiger partial charge >= 0.3 is 0 Å². The van der Waals surface area contributed by atoms with E-state index in [-0.39, 0.29) is 11.4 Å². The van der Waals surface area contributed by atoms with Crippen LogP contribution in [-0.2, 0) is 0 Å². The zero-order chi connectivity index (χ0) is 11.5. The van der Waals surface area contributed by atoms with Gasteiger partial charge in [-0.3, -0.25) is 0 Å². The molecule has 0 unspecified atom stereocenters. The molecule has 0 aliphatic carbocycles. The van der Waals surface area contributed by atoms with Gasteiger partial charge in [0.25, 0.3) is 0 Å². The molecule has 1 rings (SSSR count). The first-order chi connectivity index (χ1) is 6.90. The van der Waals surface area contributed by atoms with Gasteiger partial charge in [-0.15, -0.1) is 0 Å². The fraction of sp³-hybridized carbons (Fsp3) is 0.500. The Balaban J connectivity index is 2.62. The highest BCUT2D eigenvalue weighted by atomic mass is 19.1. The average Bonchev–Trinajstić information content (AvgIpc) is 2.14. The molecule has 1 aromatic carbocycles. The first kappa shape index (κ1) is 12.1. The lowest BCUT2D eigenvalue weighted by atomic mass is 10.1. The second-order valence-corrected chi connectivity index (χ2v) is 4.67. The molecule has 15 heavy (non-hydrogen) atoms. The maximum atomic E-state index is 13.3. The number of benzene rings is 1. The molecule has 0 spiro atoms. The third-order valence-corrected chi connectivity index (χ3v) is 2.09. The zero-order valence-corrected chi connectivity index (χ0v) is 9.42. The maximum absolute atomic E-state index is 13.3. The SMILES string of the molecule is CC(C)(C)NC[C@H](O)c1ccccc1F. The molecule has 0 aliphatic rings. The Labute approximate surface area is 90.1 Å². The fourth-order valence-corrected chi connectivity index (χ4v) is 1.26. The molecule has 0 aromatic heterocycles. The van der Waals surface area contributed by atoms with Crippen molar-refractivity contribution >= 4 is 0 Å². The average molecular weight is 211 g/mol. The van der Waals surface area contributed by atoms with Crippen molar-refractivity contribution in [2.24, 2.45) is 0 Å². The molecule has 84 valence electrons. The van der Waals surface area contributed by atoms with Gasteiger partial charge in [-0.2, -0.15) is 0 Å². The topological polar surface area (TPSA) is 32.3 Å². The monoisotopic (exact) mass is 211 g/mol. The first-order valence-electron chi connectivity index (χ1n) is 5.08. The molecule has 0 amide bonds. The number of hydrogen-bond donors (Lipinski definition) is 2. The first-order valence-corrected chi connectivity index (χ1v) is 5.08. The molecule has 0 radical (unpaired) electrons. The minimum absolute atomic E-state index is 0.0771. The van der Waals surface area contributed by atoms with Crippen LogP contribution in [0.25, 0.3) is 0 Å². The van der Waals surface area contributed by atoms with Crippen LogP contribution in [0.15, 0.2) is 24.3 Å². The van der Waals surface area contributed by atoms with E-state index in [1.807, 2.05) is 20.8 Å². The normalized spacial score (nSPS) is 13.9. The Bertz CT molecular complexity index is 320. The van der Waals surface area contributed by atoms with Crippen LogP contribution in [0.4, 0.5) is 4.39 Å². The quantitative estimate of drug-likeness (QED) is 0.803. The van der Waals surface area contributed by atoms with Gasteiger partial charge in [0.1, 0.15) is 5.82 Å². The highest BCUT2D eigenvalue weighted by Gasteiger charge is 2.15. The van der Waals surface area contributed by atoms with Gasteiger partial charge in [0.05, 0.1) is 6.10 Å². The van der Waals surface area contributed by atoms with Crippen molar-refractivity contribution in [3.8, 4) is 0 Å². The number of aliphatic hydroxyl groups is 1. The highest BCUT2D eigenvalue weighted by molar-refractivity contribution is 5.20. The smallest absolute Gasteiger partial charge is 0.129 e. The molecular formula is C12H18FNO. The standard InChI is InChI=1S/C12H18FNO/c1-12(2,3)14-8-11(15)9-6-4-5-7-10(9)13/h4-7,11,14-15H,8H2,1-3H3/t11-/m0/s1. The third-order valence-electron chi connectivity index (χ3n) is 2.09. The van der Waals surface area contributed by atoms with Crippen LogP contribution in [0.3, 0.4) is 0 Å². The number of rotatable bonds is 3. The Hall–Kier alpha value is -0.930. The largest absolute Gasteiger partial charge is 0.387 e. The van der Waals surface area contributed by atoms with Gasteiger partial charge < -0.3 is 10.4 Å². The minimum atomic E-state index is -0.801. The van der Waals surface area contributed by atoms with Crippen LogP contribution < -0.4 is 5.32 Å². The van der Waals surface area contributed by atoms with Crippen LogP contribution in [0.5, 0.6) is 0 Å². The van der Waals surface area contributed by atoms with Crippen LogP contribution in [-0.4, -0.2) is 17.2 Å². The Morgan fingerprint density at radius 1 is 1.33 bits per heavy atom. The minimum Gasteiger partial charge on any atom is -0.387 e. The van der Waals surface area contributed by atoms with E-state index in [9.17, 15) is 9.50 Å². The van der Waals surface area contributed by atoms with Crippen molar-refractivity contribution in [2.45, 2.75) is 32.4 Å². The van der Waals surface area contributed by atoms with Crippen molar-refractivity contribution in [3.05, 3.63) is 35.6 Å². The summed E-state index contributed by atoms with van der Waals surface area (Å²) in [7, 11) is 0. The molecule has 0 saturated carbocycles. The third kappa shape index (κ3) is 3.98. The molecule has 0 bridgehead atoms. The summed E-state index contributed by atoms with van der Waals surface area (Å²) in [5, 5.41) is 12.9. The second kappa shape index (κ2) is 4.73. The Kier molecular flexibility index (Phi) is 3.83. The number of nitrogens with one attached hydrogen (secondary N) is 1. The predicted molar refractivity (Wildman–Crippen MR) is 59.1 cm³/mol. The van der Waals surface area contributed by atoms with E-state index in [0.717, 1.165) is 0 Å². The molecular weight excluding hydrogens is 193 g/mol. The Morgan fingerprint density at radius 2 is 1.93 bits per heavy atom. The summed E-state index contributed by atoms with van der Waals surface area (Å²) in [5.41, 5.74) is 0.265. The lowest BCUT2D eigenvalue weighted by Gasteiger charge is -2.23.